The van der Waals surface area contributed by atoms with Crippen molar-refractivity contribution < 1.29 is 18.7 Å². The number of amides is 2. The second-order valence-corrected chi connectivity index (χ2v) is 8.54. The maximum Gasteiger partial charge on any atom is 0.410 e. The van der Waals surface area contributed by atoms with E-state index in [1.807, 2.05) is 6.92 Å². The van der Waals surface area contributed by atoms with E-state index in [4.69, 9.17) is 4.74 Å². The van der Waals surface area contributed by atoms with E-state index in [1.165, 1.54) is 23.4 Å². The molecule has 0 radical (unpaired) electrons. The van der Waals surface area contributed by atoms with Crippen LogP contribution in [0.1, 0.15) is 33.3 Å². The van der Waals surface area contributed by atoms with Gasteiger partial charge in [0.2, 0.25) is 5.91 Å². The first-order chi connectivity index (χ1) is 15.6. The largest absolute Gasteiger partial charge is 0.444 e. The van der Waals surface area contributed by atoms with Gasteiger partial charge in [0, 0.05) is 12.2 Å². The van der Waals surface area contributed by atoms with Crippen LogP contribution in [0.2, 0.25) is 0 Å². The van der Waals surface area contributed by atoms with Crippen molar-refractivity contribution in [3.8, 4) is 0 Å². The summed E-state index contributed by atoms with van der Waals surface area (Å²) in [4.78, 5) is 43.4. The zero-order chi connectivity index (χ0) is 24.2. The minimum Gasteiger partial charge on any atom is -0.444 e. The fourth-order valence-corrected chi connectivity index (χ4v) is 3.21. The molecule has 1 N–H and O–H groups in total. The molecule has 0 saturated carbocycles. The van der Waals surface area contributed by atoms with Crippen LogP contribution in [-0.4, -0.2) is 38.6 Å². The van der Waals surface area contributed by atoms with Crippen molar-refractivity contribution in [1.82, 2.24) is 14.5 Å². The van der Waals surface area contributed by atoms with E-state index in [9.17, 15) is 18.8 Å². The Hall–Kier alpha value is -3.75. The summed E-state index contributed by atoms with van der Waals surface area (Å²) < 4.78 is 20.1. The van der Waals surface area contributed by atoms with Crippen molar-refractivity contribution in [3.63, 3.8) is 0 Å². The highest BCUT2D eigenvalue weighted by Crippen LogP contribution is 2.19. The molecule has 0 aliphatic heterocycles. The van der Waals surface area contributed by atoms with Crippen LogP contribution in [0.4, 0.5) is 14.9 Å². The smallest absolute Gasteiger partial charge is 0.410 e. The second-order valence-electron chi connectivity index (χ2n) is 8.54. The molecule has 2 aromatic carbocycles. The average molecular weight is 455 g/mol. The number of carbonyl (C=O) groups is 2. The molecule has 0 fully saturated rings. The van der Waals surface area contributed by atoms with Crippen LogP contribution in [0.5, 0.6) is 0 Å². The Morgan fingerprint density at radius 1 is 1.18 bits per heavy atom. The quantitative estimate of drug-likeness (QED) is 0.609. The number of fused-ring (bicyclic) bond motifs is 1. The van der Waals surface area contributed by atoms with Gasteiger partial charge in [-0.3, -0.25) is 14.2 Å². The molecule has 0 aliphatic carbocycles. The zero-order valence-corrected chi connectivity index (χ0v) is 19.1. The molecule has 0 unspecified atom stereocenters. The zero-order valence-electron chi connectivity index (χ0n) is 19.1. The Morgan fingerprint density at radius 2 is 1.91 bits per heavy atom. The van der Waals surface area contributed by atoms with Crippen LogP contribution in [-0.2, 0) is 22.6 Å². The molecule has 33 heavy (non-hydrogen) atoms. The minimum absolute atomic E-state index is 0.0987. The number of rotatable bonds is 6. The Kier molecular flexibility index (Phi) is 7.10. The highest BCUT2D eigenvalue weighted by Gasteiger charge is 2.22. The highest BCUT2D eigenvalue weighted by molar-refractivity contribution is 5.91. The fraction of sp³-hybridized carbons (Fsp3) is 0.333. The second kappa shape index (κ2) is 9.81. The maximum atomic E-state index is 13.5. The van der Waals surface area contributed by atoms with Gasteiger partial charge in [0.05, 0.1) is 23.8 Å². The predicted molar refractivity (Wildman–Crippen MR) is 123 cm³/mol. The van der Waals surface area contributed by atoms with Crippen LogP contribution in [0.3, 0.4) is 0 Å². The van der Waals surface area contributed by atoms with Crippen molar-refractivity contribution in [2.45, 2.75) is 46.4 Å². The van der Waals surface area contributed by atoms with Gasteiger partial charge in [0.1, 0.15) is 18.0 Å². The number of benzene rings is 2. The van der Waals surface area contributed by atoms with Gasteiger partial charge in [-0.2, -0.15) is 0 Å². The van der Waals surface area contributed by atoms with E-state index >= 15 is 0 Å². The summed E-state index contributed by atoms with van der Waals surface area (Å²) in [5.74, 6) is -1.01. The normalized spacial score (nSPS) is 11.3. The van der Waals surface area contributed by atoms with Crippen molar-refractivity contribution >= 4 is 28.6 Å². The van der Waals surface area contributed by atoms with Gasteiger partial charge >= 0.3 is 6.09 Å². The molecule has 9 heteroatoms. The molecular weight excluding hydrogens is 427 g/mol. The van der Waals surface area contributed by atoms with Gasteiger partial charge in [0.15, 0.2) is 0 Å². The number of hydrogen-bond acceptors (Lipinski definition) is 5. The summed E-state index contributed by atoms with van der Waals surface area (Å²) in [6.07, 6.45) is 0.808. The molecule has 0 spiro atoms. The number of nitrogens with zero attached hydrogens (tertiary/aromatic N) is 3. The fourth-order valence-electron chi connectivity index (χ4n) is 3.21. The number of hydrogen-bond donors (Lipinski definition) is 1. The molecule has 1 aromatic heterocycles. The third-order valence-corrected chi connectivity index (χ3v) is 4.79. The average Bonchev–Trinajstić information content (AvgIpc) is 2.74. The molecule has 0 saturated heterocycles. The Morgan fingerprint density at radius 3 is 2.61 bits per heavy atom. The lowest BCUT2D eigenvalue weighted by molar-refractivity contribution is -0.116. The number of nitrogens with one attached hydrogen (secondary N) is 1. The summed E-state index contributed by atoms with van der Waals surface area (Å²) >= 11 is 0. The number of anilines is 1. The van der Waals surface area contributed by atoms with Crippen molar-refractivity contribution in [3.05, 3.63) is 70.5 Å². The van der Waals surface area contributed by atoms with Gasteiger partial charge in [-0.1, -0.05) is 18.2 Å². The maximum absolute atomic E-state index is 13.5. The lowest BCUT2D eigenvalue weighted by atomic mass is 10.1. The van der Waals surface area contributed by atoms with Crippen molar-refractivity contribution in [2.24, 2.45) is 0 Å². The summed E-state index contributed by atoms with van der Waals surface area (Å²) in [5, 5.41) is 2.88. The van der Waals surface area contributed by atoms with E-state index in [0.29, 0.717) is 23.3 Å². The number of halogens is 1. The molecule has 8 nitrogen and oxygen atoms in total. The number of aromatic nitrogens is 2. The molecule has 3 rings (SSSR count). The third kappa shape index (κ3) is 6.15. The van der Waals surface area contributed by atoms with Crippen LogP contribution < -0.4 is 10.9 Å². The predicted octanol–water partition coefficient (Wildman–Crippen LogP) is 3.93. The van der Waals surface area contributed by atoms with Gasteiger partial charge in [0.25, 0.3) is 5.56 Å². The molecule has 174 valence electrons. The van der Waals surface area contributed by atoms with E-state index in [1.54, 1.807) is 45.0 Å². The van der Waals surface area contributed by atoms with Crippen LogP contribution >= 0.6 is 0 Å². The van der Waals surface area contributed by atoms with Crippen molar-refractivity contribution in [2.75, 3.05) is 11.9 Å². The first-order valence-corrected chi connectivity index (χ1v) is 10.6. The first-order valence-electron chi connectivity index (χ1n) is 10.6. The van der Waals surface area contributed by atoms with E-state index in [-0.39, 0.29) is 18.5 Å². The Bertz CT molecular complexity index is 1230. The van der Waals surface area contributed by atoms with Crippen LogP contribution in [0.15, 0.2) is 53.6 Å². The highest BCUT2D eigenvalue weighted by atomic mass is 19.1. The number of ether oxygens (including phenoxy) is 1. The molecule has 0 atom stereocenters. The minimum atomic E-state index is -0.623. The lowest BCUT2D eigenvalue weighted by Gasteiger charge is -2.27. The van der Waals surface area contributed by atoms with E-state index in [0.717, 1.165) is 10.6 Å². The molecule has 1 heterocycles. The van der Waals surface area contributed by atoms with Crippen LogP contribution in [0.25, 0.3) is 10.9 Å². The van der Waals surface area contributed by atoms with Gasteiger partial charge in [-0.25, -0.2) is 14.2 Å². The standard InChI is InChI=1S/C24H27FN4O4/c1-5-28(23(32)33-24(2,3)4)13-16-8-6-7-9-19(16)27-21(30)14-29-15-26-20-11-10-17(25)12-18(20)22(29)31/h6-12,15H,5,13-14H2,1-4H3,(H,27,30). The Balaban J connectivity index is 1.76. The topological polar surface area (TPSA) is 93.5 Å². The molecule has 3 aromatic rings. The van der Waals surface area contributed by atoms with Gasteiger partial charge in [-0.05, 0) is 57.5 Å². The molecule has 0 bridgehead atoms. The SMILES string of the molecule is CCN(Cc1ccccc1NC(=O)Cn1cnc2ccc(F)cc2c1=O)C(=O)OC(C)(C)C. The summed E-state index contributed by atoms with van der Waals surface area (Å²) in [7, 11) is 0. The van der Waals surface area contributed by atoms with E-state index < -0.39 is 29.0 Å². The van der Waals surface area contributed by atoms with Crippen LogP contribution in [0, 0.1) is 5.82 Å². The monoisotopic (exact) mass is 454 g/mol. The number of carbonyl (C=O) groups excluding carboxylic acids is 2. The third-order valence-electron chi connectivity index (χ3n) is 4.79. The Labute approximate surface area is 191 Å². The number of para-hydroxylation sites is 1. The molecule has 2 amide bonds. The van der Waals surface area contributed by atoms with Gasteiger partial charge in [-0.15, -0.1) is 0 Å². The van der Waals surface area contributed by atoms with Crippen molar-refractivity contribution in [1.29, 1.82) is 0 Å². The molecule has 0 aliphatic rings. The summed E-state index contributed by atoms with van der Waals surface area (Å²) in [6.45, 7) is 7.59. The lowest BCUT2D eigenvalue weighted by Crippen LogP contribution is -2.36. The first kappa shape index (κ1) is 23.9. The summed E-state index contributed by atoms with van der Waals surface area (Å²) in [6, 6.07) is 10.8. The van der Waals surface area contributed by atoms with E-state index in [2.05, 4.69) is 10.3 Å². The molecular formula is C24H27FN4O4. The van der Waals surface area contributed by atoms with Gasteiger partial charge < -0.3 is 15.0 Å². The summed E-state index contributed by atoms with van der Waals surface area (Å²) in [5.41, 5.74) is 0.444.